The fraction of sp³-hybridized carbons (Fsp3) is 0.257. The first-order valence-corrected chi connectivity index (χ1v) is 16.8. The molecule has 4 aromatic rings. The van der Waals surface area contributed by atoms with Gasteiger partial charge in [0.15, 0.2) is 9.84 Å². The van der Waals surface area contributed by atoms with Crippen molar-refractivity contribution >= 4 is 33.5 Å². The summed E-state index contributed by atoms with van der Waals surface area (Å²) in [5.74, 6) is -2.91. The fourth-order valence-electron chi connectivity index (χ4n) is 5.36. The maximum Gasteiger partial charge on any atom is 0.305 e. The fourth-order valence-corrected chi connectivity index (χ4v) is 6.16. The van der Waals surface area contributed by atoms with Crippen LogP contribution in [0.2, 0.25) is 0 Å². The Balaban J connectivity index is 1.93. The van der Waals surface area contributed by atoms with Gasteiger partial charge in [0.05, 0.1) is 24.4 Å². The van der Waals surface area contributed by atoms with Gasteiger partial charge in [0, 0.05) is 41.2 Å². The van der Waals surface area contributed by atoms with Crippen molar-refractivity contribution in [1.29, 1.82) is 0 Å². The third-order valence-corrected chi connectivity index (χ3v) is 8.14. The Labute approximate surface area is 271 Å². The van der Waals surface area contributed by atoms with Crippen molar-refractivity contribution in [1.82, 2.24) is 4.57 Å². The molecule has 1 aromatic heterocycles. The Morgan fingerprint density at radius 3 is 1.89 bits per heavy atom. The predicted molar refractivity (Wildman–Crippen MR) is 176 cm³/mol. The Bertz CT molecular complexity index is 1870. The van der Waals surface area contributed by atoms with Crippen LogP contribution in [0, 0.1) is 11.6 Å². The molecule has 0 fully saturated rings. The third kappa shape index (κ3) is 9.22. The van der Waals surface area contributed by atoms with Crippen LogP contribution in [0.3, 0.4) is 0 Å². The van der Waals surface area contributed by atoms with Crippen LogP contribution < -0.4 is 5.32 Å². The van der Waals surface area contributed by atoms with E-state index in [0.29, 0.717) is 39.2 Å². The van der Waals surface area contributed by atoms with Gasteiger partial charge in [-0.1, -0.05) is 42.5 Å². The molecule has 4 rings (SSSR count). The van der Waals surface area contributed by atoms with Gasteiger partial charge < -0.3 is 25.2 Å². The normalized spacial score (nSPS) is 13.2. The van der Waals surface area contributed by atoms with Gasteiger partial charge in [-0.15, -0.1) is 0 Å². The molecule has 0 radical (unpaired) electrons. The molecule has 0 saturated carbocycles. The lowest BCUT2D eigenvalue weighted by Gasteiger charge is -2.17. The van der Waals surface area contributed by atoms with Crippen molar-refractivity contribution in [2.75, 3.05) is 11.6 Å². The highest BCUT2D eigenvalue weighted by Gasteiger charge is 2.30. The number of aromatic nitrogens is 1. The van der Waals surface area contributed by atoms with Gasteiger partial charge in [-0.2, -0.15) is 0 Å². The number of carbonyl (C=O) groups is 2. The number of carboxylic acids is 1. The number of halogens is 2. The summed E-state index contributed by atoms with van der Waals surface area (Å²) < 4.78 is 53.4. The first kappa shape index (κ1) is 35.2. The quantitative estimate of drug-likeness (QED) is 0.135. The van der Waals surface area contributed by atoms with Gasteiger partial charge in [-0.05, 0) is 73.0 Å². The lowest BCUT2D eigenvalue weighted by Crippen LogP contribution is -2.20. The molecule has 1 heterocycles. The Kier molecular flexibility index (Phi) is 11.1. The average molecular weight is 667 g/mol. The van der Waals surface area contributed by atoms with Crippen molar-refractivity contribution in [2.24, 2.45) is 0 Å². The summed E-state index contributed by atoms with van der Waals surface area (Å²) in [4.78, 5) is 25.2. The number of aliphatic hydroxyl groups is 2. The number of amides is 1. The number of benzene rings is 3. The van der Waals surface area contributed by atoms with Gasteiger partial charge in [0.25, 0.3) is 5.91 Å². The van der Waals surface area contributed by atoms with Crippen molar-refractivity contribution in [3.05, 3.63) is 107 Å². The van der Waals surface area contributed by atoms with E-state index >= 15 is 0 Å². The summed E-state index contributed by atoms with van der Waals surface area (Å²) in [6.45, 7) is 3.67. The highest BCUT2D eigenvalue weighted by Crippen LogP contribution is 2.43. The number of hydrogen-bond acceptors (Lipinski definition) is 6. The lowest BCUT2D eigenvalue weighted by molar-refractivity contribution is -0.139. The van der Waals surface area contributed by atoms with Crippen LogP contribution in [0.25, 0.3) is 28.3 Å². The number of anilines is 1. The van der Waals surface area contributed by atoms with Crippen LogP contribution in [-0.4, -0.2) is 58.6 Å². The molecule has 1 amide bonds. The topological polar surface area (TPSA) is 146 Å². The molecule has 0 bridgehead atoms. The molecule has 3 aromatic carbocycles. The molecule has 47 heavy (non-hydrogen) atoms. The van der Waals surface area contributed by atoms with Crippen LogP contribution >= 0.6 is 0 Å². The van der Waals surface area contributed by atoms with Gasteiger partial charge >= 0.3 is 5.97 Å². The van der Waals surface area contributed by atoms with E-state index in [4.69, 9.17) is 5.11 Å². The number of hydrogen-bond donors (Lipinski definition) is 4. The molecular weight excluding hydrogens is 630 g/mol. The Morgan fingerprint density at radius 1 is 0.872 bits per heavy atom. The monoisotopic (exact) mass is 666 g/mol. The second kappa shape index (κ2) is 14.8. The molecule has 0 aliphatic rings. The van der Waals surface area contributed by atoms with Crippen molar-refractivity contribution in [3.63, 3.8) is 0 Å². The average Bonchev–Trinajstić information content (AvgIpc) is 3.32. The molecule has 12 heteroatoms. The largest absolute Gasteiger partial charge is 0.481 e. The van der Waals surface area contributed by atoms with E-state index in [2.05, 4.69) is 5.32 Å². The van der Waals surface area contributed by atoms with Gasteiger partial charge in [-0.3, -0.25) is 9.59 Å². The van der Waals surface area contributed by atoms with Crippen molar-refractivity contribution < 1.29 is 42.1 Å². The minimum Gasteiger partial charge on any atom is -0.481 e. The molecule has 0 spiro atoms. The number of sulfone groups is 1. The zero-order valence-electron chi connectivity index (χ0n) is 26.0. The minimum absolute atomic E-state index is 0.165. The molecular formula is C35H36F2N2O7S. The van der Waals surface area contributed by atoms with E-state index in [0.717, 1.165) is 6.26 Å². The van der Waals surface area contributed by atoms with Crippen LogP contribution in [0.15, 0.2) is 78.9 Å². The summed E-state index contributed by atoms with van der Waals surface area (Å²) in [6, 6.07) is 17.1. The summed E-state index contributed by atoms with van der Waals surface area (Å²) >= 11 is 0. The molecule has 0 unspecified atom stereocenters. The minimum atomic E-state index is -3.27. The maximum absolute atomic E-state index is 14.2. The van der Waals surface area contributed by atoms with Gasteiger partial charge in [-0.25, -0.2) is 17.2 Å². The lowest BCUT2D eigenvalue weighted by atomic mass is 9.94. The van der Waals surface area contributed by atoms with E-state index < -0.39 is 52.0 Å². The number of aliphatic hydroxyl groups excluding tert-OH is 2. The summed E-state index contributed by atoms with van der Waals surface area (Å²) in [5, 5.41) is 32.6. The zero-order chi connectivity index (χ0) is 34.5. The SMILES string of the molecule is CC(C)n1c(C=C[C@@H](O)C[C@@H](O)CC(=O)O)c(-c2ccc(F)cc2)c(-c2ccc(F)cc2)c1C(=O)Nc1ccc(CS(C)(=O)=O)cc1. The number of nitrogens with one attached hydrogen (secondary N) is 1. The van der Waals surface area contributed by atoms with Crippen molar-refractivity contribution in [2.45, 2.75) is 50.7 Å². The summed E-state index contributed by atoms with van der Waals surface area (Å²) in [6.07, 6.45) is 0.691. The maximum atomic E-state index is 14.2. The molecule has 248 valence electrons. The highest BCUT2D eigenvalue weighted by atomic mass is 32.2. The Hall–Kier alpha value is -4.65. The molecule has 2 atom stereocenters. The van der Waals surface area contributed by atoms with Crippen LogP contribution in [0.4, 0.5) is 14.5 Å². The van der Waals surface area contributed by atoms with Crippen LogP contribution in [-0.2, 0) is 20.4 Å². The summed E-state index contributed by atoms with van der Waals surface area (Å²) in [7, 11) is -3.27. The first-order chi connectivity index (χ1) is 22.1. The van der Waals surface area contributed by atoms with E-state index in [-0.39, 0.29) is 23.9 Å². The molecule has 0 aliphatic heterocycles. The van der Waals surface area contributed by atoms with Crippen molar-refractivity contribution in [3.8, 4) is 22.3 Å². The smallest absolute Gasteiger partial charge is 0.305 e. The number of nitrogens with zero attached hydrogens (tertiary/aromatic N) is 1. The van der Waals surface area contributed by atoms with Crippen LogP contribution in [0.1, 0.15) is 54.5 Å². The van der Waals surface area contributed by atoms with E-state index in [1.807, 2.05) is 13.8 Å². The molecule has 0 aliphatic carbocycles. The Morgan fingerprint density at radius 2 is 1.40 bits per heavy atom. The van der Waals surface area contributed by atoms with E-state index in [1.54, 1.807) is 34.9 Å². The summed E-state index contributed by atoms with van der Waals surface area (Å²) in [5.41, 5.74) is 3.41. The highest BCUT2D eigenvalue weighted by molar-refractivity contribution is 7.89. The number of rotatable bonds is 13. The third-order valence-electron chi connectivity index (χ3n) is 7.28. The molecule has 0 saturated heterocycles. The molecule has 9 nitrogen and oxygen atoms in total. The number of carboxylic acid groups (broad SMARTS) is 1. The second-order valence-electron chi connectivity index (χ2n) is 11.6. The van der Waals surface area contributed by atoms with Crippen LogP contribution in [0.5, 0.6) is 0 Å². The first-order valence-electron chi connectivity index (χ1n) is 14.8. The number of aliphatic carboxylic acids is 1. The standard InChI is InChI=1S/C35H36F2N2O7S/c1-21(2)39-30(17-16-28(40)18-29(41)19-31(42)43)32(23-6-10-25(36)11-7-23)33(24-8-12-26(37)13-9-24)34(39)35(44)38-27-14-4-22(5-15-27)20-47(3,45)46/h4-17,21,28-29,40-41H,18-20H2,1-3H3,(H,38,44)(H,42,43)/t28-,29-/m1/s1. The second-order valence-corrected chi connectivity index (χ2v) is 13.7. The number of carbonyl (C=O) groups excluding carboxylic acids is 1. The predicted octanol–water partition coefficient (Wildman–Crippen LogP) is 6.08. The van der Waals surface area contributed by atoms with Gasteiger partial charge in [0.1, 0.15) is 17.3 Å². The zero-order valence-corrected chi connectivity index (χ0v) is 26.8. The van der Waals surface area contributed by atoms with Gasteiger partial charge in [0.2, 0.25) is 0 Å². The van der Waals surface area contributed by atoms with E-state index in [9.17, 15) is 37.0 Å². The molecule has 4 N–H and O–H groups in total. The van der Waals surface area contributed by atoms with E-state index in [1.165, 1.54) is 54.6 Å².